The number of unbranched alkanes of at least 4 members (excludes halogenated alkanes) is 3. The fourth-order valence-electron chi connectivity index (χ4n) is 2.34. The minimum atomic E-state index is -1.13. The average molecular weight is 290 g/mol. The molecule has 114 valence electrons. The number of ether oxygens (including phenoxy) is 1. The van der Waals surface area contributed by atoms with E-state index >= 15 is 0 Å². The molecule has 0 spiro atoms. The van der Waals surface area contributed by atoms with Crippen molar-refractivity contribution in [3.63, 3.8) is 0 Å². The molecule has 0 aromatic heterocycles. The van der Waals surface area contributed by atoms with Gasteiger partial charge in [0, 0.05) is 13.3 Å². The van der Waals surface area contributed by atoms with Gasteiger partial charge in [-0.05, 0) is 31.1 Å². The first-order valence-corrected chi connectivity index (χ1v) is 7.30. The summed E-state index contributed by atoms with van der Waals surface area (Å²) in [5.74, 6) is -0.770. The van der Waals surface area contributed by atoms with Gasteiger partial charge in [-0.2, -0.15) is 0 Å². The van der Waals surface area contributed by atoms with Crippen LogP contribution in [0.3, 0.4) is 0 Å². The van der Waals surface area contributed by atoms with Gasteiger partial charge in [0.25, 0.3) is 0 Å². The lowest BCUT2D eigenvalue weighted by Crippen LogP contribution is -2.33. The van der Waals surface area contributed by atoms with Gasteiger partial charge >= 0.3 is 5.97 Å². The monoisotopic (exact) mass is 290 g/mol. The predicted molar refractivity (Wildman–Crippen MR) is 80.7 cm³/mol. The zero-order valence-electron chi connectivity index (χ0n) is 12.6. The molecular formula is C17H22O4. The molecule has 0 aromatic rings. The van der Waals surface area contributed by atoms with Crippen LogP contribution in [0.25, 0.3) is 0 Å². The predicted octanol–water partition coefficient (Wildman–Crippen LogP) is 3.08. The lowest BCUT2D eigenvalue weighted by atomic mass is 9.92. The molecule has 0 aromatic carbocycles. The molecule has 1 rings (SSSR count). The molecule has 0 heterocycles. The summed E-state index contributed by atoms with van der Waals surface area (Å²) in [6, 6.07) is 0. The molecule has 4 heteroatoms. The number of hydrogen-bond donors (Lipinski definition) is 0. The summed E-state index contributed by atoms with van der Waals surface area (Å²) in [4.78, 5) is 33.8. The highest BCUT2D eigenvalue weighted by Gasteiger charge is 2.41. The van der Waals surface area contributed by atoms with Crippen LogP contribution in [-0.4, -0.2) is 23.6 Å². The van der Waals surface area contributed by atoms with Crippen LogP contribution < -0.4 is 0 Å². The van der Waals surface area contributed by atoms with Crippen LogP contribution >= 0.6 is 0 Å². The van der Waals surface area contributed by atoms with Crippen LogP contribution in [0.1, 0.15) is 46.0 Å². The Hall–Kier alpha value is -1.97. The van der Waals surface area contributed by atoms with E-state index in [4.69, 9.17) is 4.74 Å². The zero-order chi connectivity index (χ0) is 15.7. The molecule has 0 saturated heterocycles. The fraction of sp³-hybridized carbons (Fsp3) is 0.471. The normalized spacial score (nSPS) is 23.1. The number of ketones is 1. The Balaban J connectivity index is 2.82. The standard InChI is InChI=1S/C17H22O4/c1-3-4-5-6-7-8-11-17(21-14(2)19)12-9-16(20)15(17)10-13-18/h7-10,12-13H,3-6,11H2,1-2H3/b8-7-,15-10?/t17-/m0/s1. The molecular weight excluding hydrogens is 268 g/mol. The number of hydrogen-bond acceptors (Lipinski definition) is 4. The first kappa shape index (κ1) is 17.1. The highest BCUT2D eigenvalue weighted by Crippen LogP contribution is 2.34. The highest BCUT2D eigenvalue weighted by molar-refractivity contribution is 6.11. The number of esters is 1. The maximum absolute atomic E-state index is 11.8. The van der Waals surface area contributed by atoms with Crippen LogP contribution in [-0.2, 0) is 19.1 Å². The Kier molecular flexibility index (Phi) is 6.79. The lowest BCUT2D eigenvalue weighted by molar-refractivity contribution is -0.149. The number of carbonyl (C=O) groups excluding carboxylic acids is 3. The van der Waals surface area contributed by atoms with Gasteiger partial charge in [-0.3, -0.25) is 14.4 Å². The van der Waals surface area contributed by atoms with Gasteiger partial charge in [0.1, 0.15) is 6.29 Å². The number of carbonyl (C=O) groups is 3. The van der Waals surface area contributed by atoms with Crippen molar-refractivity contribution in [2.24, 2.45) is 0 Å². The molecule has 0 aliphatic heterocycles. The summed E-state index contributed by atoms with van der Waals surface area (Å²) < 4.78 is 5.34. The van der Waals surface area contributed by atoms with Gasteiger partial charge in [-0.25, -0.2) is 0 Å². The van der Waals surface area contributed by atoms with Crippen molar-refractivity contribution in [3.05, 3.63) is 36.0 Å². The second kappa shape index (κ2) is 8.35. The SMILES string of the molecule is CCCCC/C=C\C[C@]1(OC(C)=O)C=CC(=O)C1=CC=O. The van der Waals surface area contributed by atoms with Crippen LogP contribution in [0, 0.1) is 0 Å². The van der Waals surface area contributed by atoms with Crippen molar-refractivity contribution in [1.82, 2.24) is 0 Å². The number of aldehydes is 1. The van der Waals surface area contributed by atoms with E-state index in [9.17, 15) is 14.4 Å². The summed E-state index contributed by atoms with van der Waals surface area (Å²) in [7, 11) is 0. The summed E-state index contributed by atoms with van der Waals surface area (Å²) in [6.07, 6.45) is 13.3. The van der Waals surface area contributed by atoms with Crippen molar-refractivity contribution in [1.29, 1.82) is 0 Å². The highest BCUT2D eigenvalue weighted by atomic mass is 16.6. The third-order valence-corrected chi connectivity index (χ3v) is 3.35. The second-order valence-corrected chi connectivity index (χ2v) is 5.07. The molecule has 1 atom stereocenters. The summed E-state index contributed by atoms with van der Waals surface area (Å²) >= 11 is 0. The van der Waals surface area contributed by atoms with Gasteiger partial charge in [0.05, 0.1) is 5.57 Å². The van der Waals surface area contributed by atoms with E-state index in [1.807, 2.05) is 12.2 Å². The maximum atomic E-state index is 11.8. The summed E-state index contributed by atoms with van der Waals surface area (Å²) in [6.45, 7) is 3.44. The average Bonchev–Trinajstić information content (AvgIpc) is 2.72. The van der Waals surface area contributed by atoms with Crippen molar-refractivity contribution >= 4 is 18.0 Å². The van der Waals surface area contributed by atoms with Gasteiger partial charge in [0.15, 0.2) is 11.4 Å². The van der Waals surface area contributed by atoms with Gasteiger partial charge in [0.2, 0.25) is 0 Å². The molecule has 0 bridgehead atoms. The Labute approximate surface area is 125 Å². The third-order valence-electron chi connectivity index (χ3n) is 3.35. The zero-order valence-corrected chi connectivity index (χ0v) is 12.6. The van der Waals surface area contributed by atoms with Crippen LogP contribution in [0.2, 0.25) is 0 Å². The lowest BCUT2D eigenvalue weighted by Gasteiger charge is -2.27. The minimum absolute atomic E-state index is 0.214. The van der Waals surface area contributed by atoms with Crippen molar-refractivity contribution < 1.29 is 19.1 Å². The molecule has 0 amide bonds. The Morgan fingerprint density at radius 1 is 1.33 bits per heavy atom. The van der Waals surface area contributed by atoms with Gasteiger partial charge in [-0.1, -0.05) is 31.9 Å². The van der Waals surface area contributed by atoms with Crippen molar-refractivity contribution in [3.8, 4) is 0 Å². The van der Waals surface area contributed by atoms with Crippen molar-refractivity contribution in [2.75, 3.05) is 0 Å². The van der Waals surface area contributed by atoms with E-state index in [0.29, 0.717) is 12.7 Å². The first-order chi connectivity index (χ1) is 10.1. The van der Waals surface area contributed by atoms with Gasteiger partial charge in [-0.15, -0.1) is 0 Å². The smallest absolute Gasteiger partial charge is 0.303 e. The molecule has 1 aliphatic carbocycles. The Morgan fingerprint density at radius 2 is 2.10 bits per heavy atom. The maximum Gasteiger partial charge on any atom is 0.303 e. The molecule has 0 unspecified atom stereocenters. The molecule has 0 radical (unpaired) electrons. The van der Waals surface area contributed by atoms with Gasteiger partial charge < -0.3 is 4.74 Å². The summed E-state index contributed by atoms with van der Waals surface area (Å²) in [5, 5.41) is 0. The number of rotatable bonds is 8. The topological polar surface area (TPSA) is 60.4 Å². The van der Waals surface area contributed by atoms with E-state index in [1.165, 1.54) is 25.5 Å². The molecule has 0 N–H and O–H groups in total. The van der Waals surface area contributed by atoms with Crippen LogP contribution in [0.4, 0.5) is 0 Å². The molecule has 4 nitrogen and oxygen atoms in total. The molecule has 0 fully saturated rings. The second-order valence-electron chi connectivity index (χ2n) is 5.07. The molecule has 1 aliphatic rings. The van der Waals surface area contributed by atoms with E-state index in [2.05, 4.69) is 6.92 Å². The number of allylic oxidation sites excluding steroid dienone is 3. The molecule has 21 heavy (non-hydrogen) atoms. The summed E-state index contributed by atoms with van der Waals surface area (Å²) in [5.41, 5.74) is -0.920. The minimum Gasteiger partial charge on any atom is -0.450 e. The van der Waals surface area contributed by atoms with Crippen LogP contribution in [0.5, 0.6) is 0 Å². The quantitative estimate of drug-likeness (QED) is 0.227. The molecule has 0 saturated carbocycles. The van der Waals surface area contributed by atoms with E-state index in [0.717, 1.165) is 19.3 Å². The third kappa shape index (κ3) is 4.81. The van der Waals surface area contributed by atoms with E-state index in [1.54, 1.807) is 6.08 Å². The first-order valence-electron chi connectivity index (χ1n) is 7.30. The van der Waals surface area contributed by atoms with E-state index in [-0.39, 0.29) is 11.4 Å². The van der Waals surface area contributed by atoms with E-state index < -0.39 is 11.6 Å². The van der Waals surface area contributed by atoms with Crippen LogP contribution in [0.15, 0.2) is 36.0 Å². The largest absolute Gasteiger partial charge is 0.450 e. The Bertz CT molecular complexity index is 485. The fourth-order valence-corrected chi connectivity index (χ4v) is 2.34. The van der Waals surface area contributed by atoms with Crippen molar-refractivity contribution in [2.45, 2.75) is 51.6 Å². The Morgan fingerprint density at radius 3 is 2.71 bits per heavy atom.